The molecule has 1 aromatic carbocycles. The molecule has 1 N–H and O–H groups in total. The molecule has 1 saturated carbocycles. The molecule has 6 nitrogen and oxygen atoms in total. The van der Waals surface area contributed by atoms with Gasteiger partial charge in [0.05, 0.1) is 5.69 Å². The summed E-state index contributed by atoms with van der Waals surface area (Å²) in [5.41, 5.74) is 1.72. The molecule has 2 aromatic heterocycles. The minimum Gasteiger partial charge on any atom is -0.372 e. The summed E-state index contributed by atoms with van der Waals surface area (Å²) in [5.74, 6) is 1.28. The minimum atomic E-state index is -0.254. The molecule has 7 heteroatoms. The second-order valence-electron chi connectivity index (χ2n) is 6.23. The number of aromatic nitrogens is 4. The number of aryl methyl sites for hydroxylation is 1. The Bertz CT molecular complexity index is 835. The van der Waals surface area contributed by atoms with E-state index in [1.165, 1.54) is 0 Å². The van der Waals surface area contributed by atoms with Crippen molar-refractivity contribution in [3.05, 3.63) is 59.0 Å². The molecule has 0 unspecified atom stereocenters. The molecule has 0 spiro atoms. The van der Waals surface area contributed by atoms with Gasteiger partial charge in [-0.05, 0) is 56.5 Å². The summed E-state index contributed by atoms with van der Waals surface area (Å²) in [4.78, 5) is 4.60. The summed E-state index contributed by atoms with van der Waals surface area (Å²) in [7, 11) is 0. The highest BCUT2D eigenvalue weighted by atomic mass is 35.5. The van der Waals surface area contributed by atoms with Gasteiger partial charge in [-0.25, -0.2) is 0 Å². The van der Waals surface area contributed by atoms with Gasteiger partial charge < -0.3 is 9.84 Å². The van der Waals surface area contributed by atoms with E-state index in [4.69, 9.17) is 16.1 Å². The van der Waals surface area contributed by atoms with Gasteiger partial charge in [0, 0.05) is 16.9 Å². The van der Waals surface area contributed by atoms with Crippen molar-refractivity contribution >= 4 is 17.3 Å². The fourth-order valence-corrected chi connectivity index (χ4v) is 3.07. The van der Waals surface area contributed by atoms with Crippen LogP contribution in [0, 0.1) is 6.92 Å². The number of nitrogens with zero attached hydrogens (tertiary/aromatic N) is 4. The third-order valence-electron chi connectivity index (χ3n) is 4.40. The first-order valence-electron chi connectivity index (χ1n) is 8.00. The predicted octanol–water partition coefficient (Wildman–Crippen LogP) is 3.77. The molecule has 0 atom stereocenters. The lowest BCUT2D eigenvalue weighted by Crippen LogP contribution is -2.43. The highest BCUT2D eigenvalue weighted by molar-refractivity contribution is 6.30. The first kappa shape index (κ1) is 15.2. The third kappa shape index (κ3) is 2.89. The minimum absolute atomic E-state index is 0.254. The van der Waals surface area contributed by atoms with Gasteiger partial charge in [-0.2, -0.15) is 10.1 Å². The predicted molar refractivity (Wildman–Crippen MR) is 91.0 cm³/mol. The largest absolute Gasteiger partial charge is 0.372 e. The molecule has 0 amide bonds. The molecule has 0 saturated heterocycles. The van der Waals surface area contributed by atoms with Crippen molar-refractivity contribution in [1.29, 1.82) is 0 Å². The Hall–Kier alpha value is -2.34. The molecular formula is C17H18ClN5O. The van der Waals surface area contributed by atoms with Crippen molar-refractivity contribution in [1.82, 2.24) is 19.9 Å². The molecule has 3 aromatic rings. The molecular weight excluding hydrogens is 326 g/mol. The molecule has 1 aliphatic rings. The van der Waals surface area contributed by atoms with Crippen LogP contribution >= 0.6 is 11.6 Å². The third-order valence-corrected chi connectivity index (χ3v) is 4.65. The van der Waals surface area contributed by atoms with E-state index in [1.807, 2.05) is 43.5 Å². The summed E-state index contributed by atoms with van der Waals surface area (Å²) < 4.78 is 7.23. The molecule has 1 fully saturated rings. The van der Waals surface area contributed by atoms with Crippen LogP contribution in [0.1, 0.15) is 36.7 Å². The molecule has 0 bridgehead atoms. The number of hydrogen-bond donors (Lipinski definition) is 1. The van der Waals surface area contributed by atoms with Gasteiger partial charge in [0.2, 0.25) is 5.89 Å². The first-order valence-corrected chi connectivity index (χ1v) is 8.38. The van der Waals surface area contributed by atoms with E-state index in [2.05, 4.69) is 20.6 Å². The summed E-state index contributed by atoms with van der Waals surface area (Å²) in [6.45, 7) is 2.44. The van der Waals surface area contributed by atoms with Gasteiger partial charge in [-0.3, -0.25) is 4.68 Å². The SMILES string of the molecule is Cc1ccn(Cc2nc(C3(Nc4ccc(Cl)cc4)CCC3)no2)n1. The number of halogens is 1. The number of hydrogen-bond acceptors (Lipinski definition) is 5. The van der Waals surface area contributed by atoms with E-state index in [1.54, 1.807) is 4.68 Å². The molecule has 24 heavy (non-hydrogen) atoms. The first-order chi connectivity index (χ1) is 11.6. The lowest BCUT2D eigenvalue weighted by Gasteiger charge is -2.40. The van der Waals surface area contributed by atoms with E-state index in [-0.39, 0.29) is 5.54 Å². The lowest BCUT2D eigenvalue weighted by atomic mass is 9.76. The van der Waals surface area contributed by atoms with Crippen molar-refractivity contribution in [3.8, 4) is 0 Å². The standard InChI is InChI=1S/C17H18ClN5O/c1-12-7-10-23(21-12)11-15-19-16(22-24-15)17(8-2-9-17)20-14-5-3-13(18)4-6-14/h3-7,10,20H,2,8-9,11H2,1H3. The van der Waals surface area contributed by atoms with Gasteiger partial charge >= 0.3 is 0 Å². The van der Waals surface area contributed by atoms with E-state index in [0.29, 0.717) is 18.3 Å². The van der Waals surface area contributed by atoms with Crippen LogP contribution in [0.5, 0.6) is 0 Å². The van der Waals surface area contributed by atoms with Gasteiger partial charge in [-0.15, -0.1) is 0 Å². The Labute approximate surface area is 144 Å². The lowest BCUT2D eigenvalue weighted by molar-refractivity contribution is 0.256. The van der Waals surface area contributed by atoms with Gasteiger partial charge in [0.15, 0.2) is 5.82 Å². The summed E-state index contributed by atoms with van der Waals surface area (Å²) >= 11 is 5.95. The maximum absolute atomic E-state index is 5.95. The van der Waals surface area contributed by atoms with Crippen LogP contribution in [0.3, 0.4) is 0 Å². The maximum atomic E-state index is 5.95. The zero-order valence-corrected chi connectivity index (χ0v) is 14.1. The zero-order chi connectivity index (χ0) is 16.6. The highest BCUT2D eigenvalue weighted by Crippen LogP contribution is 2.42. The number of nitrogens with one attached hydrogen (secondary N) is 1. The number of benzene rings is 1. The van der Waals surface area contributed by atoms with Crippen LogP contribution < -0.4 is 5.32 Å². The average Bonchev–Trinajstić information content (AvgIpc) is 3.15. The Morgan fingerprint density at radius 3 is 2.67 bits per heavy atom. The second-order valence-corrected chi connectivity index (χ2v) is 6.67. The number of rotatable bonds is 5. The molecule has 2 heterocycles. The van der Waals surface area contributed by atoms with Crippen molar-refractivity contribution in [2.75, 3.05) is 5.32 Å². The fraction of sp³-hybridized carbons (Fsp3) is 0.353. The van der Waals surface area contributed by atoms with Crippen LogP contribution in [-0.2, 0) is 12.1 Å². The topological polar surface area (TPSA) is 68.8 Å². The van der Waals surface area contributed by atoms with Gasteiger partial charge in [0.1, 0.15) is 12.1 Å². The summed E-state index contributed by atoms with van der Waals surface area (Å²) in [5, 5.41) is 12.8. The monoisotopic (exact) mass is 343 g/mol. The Kier molecular flexibility index (Phi) is 3.76. The van der Waals surface area contributed by atoms with Crippen LogP contribution in [0.2, 0.25) is 5.02 Å². The molecule has 124 valence electrons. The number of anilines is 1. The van der Waals surface area contributed by atoms with Gasteiger partial charge in [-0.1, -0.05) is 16.8 Å². The van der Waals surface area contributed by atoms with Crippen LogP contribution in [0.25, 0.3) is 0 Å². The van der Waals surface area contributed by atoms with Gasteiger partial charge in [0.25, 0.3) is 0 Å². The van der Waals surface area contributed by atoms with Crippen LogP contribution in [0.15, 0.2) is 41.1 Å². The molecule has 4 rings (SSSR count). The fourth-order valence-electron chi connectivity index (χ4n) is 2.95. The Morgan fingerprint density at radius 2 is 2.04 bits per heavy atom. The van der Waals surface area contributed by atoms with Crippen molar-refractivity contribution in [2.45, 2.75) is 38.3 Å². The Balaban J connectivity index is 1.53. The normalized spacial score (nSPS) is 15.9. The van der Waals surface area contributed by atoms with E-state index in [9.17, 15) is 0 Å². The molecule has 0 radical (unpaired) electrons. The van der Waals surface area contributed by atoms with Crippen molar-refractivity contribution in [2.24, 2.45) is 0 Å². The highest BCUT2D eigenvalue weighted by Gasteiger charge is 2.43. The smallest absolute Gasteiger partial charge is 0.248 e. The Morgan fingerprint density at radius 1 is 1.25 bits per heavy atom. The van der Waals surface area contributed by atoms with Crippen LogP contribution in [-0.4, -0.2) is 19.9 Å². The van der Waals surface area contributed by atoms with Crippen LogP contribution in [0.4, 0.5) is 5.69 Å². The van der Waals surface area contributed by atoms with Crippen molar-refractivity contribution < 1.29 is 4.52 Å². The van der Waals surface area contributed by atoms with E-state index in [0.717, 1.165) is 35.7 Å². The van der Waals surface area contributed by atoms with E-state index < -0.39 is 0 Å². The maximum Gasteiger partial charge on any atom is 0.248 e. The summed E-state index contributed by atoms with van der Waals surface area (Å²) in [6, 6.07) is 9.63. The average molecular weight is 344 g/mol. The quantitative estimate of drug-likeness (QED) is 0.763. The van der Waals surface area contributed by atoms with E-state index >= 15 is 0 Å². The molecule has 0 aliphatic heterocycles. The zero-order valence-electron chi connectivity index (χ0n) is 13.4. The second kappa shape index (κ2) is 5.94. The summed E-state index contributed by atoms with van der Waals surface area (Å²) in [6.07, 6.45) is 5.01. The van der Waals surface area contributed by atoms with Crippen molar-refractivity contribution in [3.63, 3.8) is 0 Å². The molecule has 1 aliphatic carbocycles.